The normalized spacial score (nSPS) is 11.2. The van der Waals surface area contributed by atoms with Crippen molar-refractivity contribution < 1.29 is 0 Å². The Labute approximate surface area is 136 Å². The van der Waals surface area contributed by atoms with Gasteiger partial charge in [0.15, 0.2) is 0 Å². The monoisotopic (exact) mass is 312 g/mol. The van der Waals surface area contributed by atoms with Crippen LogP contribution in [0.2, 0.25) is 0 Å². The number of nitrogens with zero attached hydrogens (tertiary/aromatic N) is 2. The summed E-state index contributed by atoms with van der Waals surface area (Å²) in [5.74, 6) is 0.579. The summed E-state index contributed by atoms with van der Waals surface area (Å²) in [6.07, 6.45) is 13.8. The highest BCUT2D eigenvalue weighted by Gasteiger charge is 2.09. The Morgan fingerprint density at radius 2 is 1.38 bits per heavy atom. The molecule has 0 aliphatic carbocycles. The van der Waals surface area contributed by atoms with Gasteiger partial charge >= 0.3 is 0 Å². The van der Waals surface area contributed by atoms with Crippen LogP contribution in [0.15, 0.2) is 0 Å². The molecule has 0 amide bonds. The molecule has 0 aliphatic heterocycles. The topological polar surface area (TPSA) is 17.8 Å². The molecule has 3 heteroatoms. The quantitative estimate of drug-likeness (QED) is 0.334. The standard InChI is InChI=1S/C18H33ClN2/c1-4-5-6-7-8-9-10-11-12-13-14-21-17(3)18(15-19)16(2)20-21/h4-15H2,1-3H3. The summed E-state index contributed by atoms with van der Waals surface area (Å²) in [4.78, 5) is 0. The van der Waals surface area contributed by atoms with E-state index in [-0.39, 0.29) is 0 Å². The van der Waals surface area contributed by atoms with Crippen LogP contribution in [0.5, 0.6) is 0 Å². The molecular formula is C18H33ClN2. The third-order valence-corrected chi connectivity index (χ3v) is 4.66. The molecule has 0 atom stereocenters. The number of hydrogen-bond acceptors (Lipinski definition) is 1. The molecule has 0 bridgehead atoms. The first-order chi connectivity index (χ1) is 10.2. The SMILES string of the molecule is CCCCCCCCCCCCn1nc(C)c(CCl)c1C. The number of hydrogen-bond donors (Lipinski definition) is 0. The van der Waals surface area contributed by atoms with Crippen LogP contribution in [-0.4, -0.2) is 9.78 Å². The van der Waals surface area contributed by atoms with Crippen LogP contribution in [0.1, 0.15) is 88.1 Å². The number of alkyl halides is 1. The average Bonchev–Trinajstić information content (AvgIpc) is 2.75. The zero-order valence-electron chi connectivity index (χ0n) is 14.3. The van der Waals surface area contributed by atoms with Crippen LogP contribution in [0, 0.1) is 13.8 Å². The Bertz CT molecular complexity index is 385. The molecule has 0 unspecified atom stereocenters. The predicted octanol–water partition coefficient (Wildman–Crippen LogP) is 6.16. The first kappa shape index (κ1) is 18.5. The Kier molecular flexibility index (Phi) is 9.82. The maximum absolute atomic E-state index is 5.96. The van der Waals surface area contributed by atoms with Gasteiger partial charge in [-0.1, -0.05) is 64.7 Å². The molecule has 0 aromatic carbocycles. The van der Waals surface area contributed by atoms with Crippen LogP contribution in [0.4, 0.5) is 0 Å². The van der Waals surface area contributed by atoms with Crippen molar-refractivity contribution in [3.63, 3.8) is 0 Å². The van der Waals surface area contributed by atoms with Crippen molar-refractivity contribution in [1.82, 2.24) is 9.78 Å². The highest BCUT2D eigenvalue weighted by Crippen LogP contribution is 2.16. The summed E-state index contributed by atoms with van der Waals surface area (Å²) in [5.41, 5.74) is 3.55. The van der Waals surface area contributed by atoms with E-state index in [0.717, 1.165) is 12.2 Å². The first-order valence-electron chi connectivity index (χ1n) is 8.79. The van der Waals surface area contributed by atoms with Crippen molar-refractivity contribution >= 4 is 11.6 Å². The van der Waals surface area contributed by atoms with E-state index in [0.29, 0.717) is 5.88 Å². The summed E-state index contributed by atoms with van der Waals surface area (Å²) in [6.45, 7) is 7.51. The second-order valence-electron chi connectivity index (χ2n) is 6.19. The van der Waals surface area contributed by atoms with Gasteiger partial charge in [-0.2, -0.15) is 5.10 Å². The molecular weight excluding hydrogens is 280 g/mol. The van der Waals surface area contributed by atoms with E-state index in [9.17, 15) is 0 Å². The number of aromatic nitrogens is 2. The molecule has 1 rings (SSSR count). The lowest BCUT2D eigenvalue weighted by Gasteiger charge is -2.05. The number of unbranched alkanes of at least 4 members (excludes halogenated alkanes) is 9. The van der Waals surface area contributed by atoms with Gasteiger partial charge in [0.2, 0.25) is 0 Å². The molecule has 122 valence electrons. The van der Waals surface area contributed by atoms with Gasteiger partial charge in [-0.05, 0) is 20.3 Å². The van der Waals surface area contributed by atoms with Crippen molar-refractivity contribution in [2.24, 2.45) is 0 Å². The van der Waals surface area contributed by atoms with Crippen molar-refractivity contribution in [3.8, 4) is 0 Å². The molecule has 1 aromatic rings. The fourth-order valence-electron chi connectivity index (χ4n) is 2.89. The Hall–Kier alpha value is -0.500. The second kappa shape index (κ2) is 11.1. The van der Waals surface area contributed by atoms with Gasteiger partial charge in [0.1, 0.15) is 0 Å². The van der Waals surface area contributed by atoms with Gasteiger partial charge in [0, 0.05) is 17.8 Å². The average molecular weight is 313 g/mol. The van der Waals surface area contributed by atoms with Crippen molar-refractivity contribution in [2.75, 3.05) is 0 Å². The zero-order valence-corrected chi connectivity index (χ0v) is 15.0. The van der Waals surface area contributed by atoms with Crippen LogP contribution < -0.4 is 0 Å². The van der Waals surface area contributed by atoms with Crippen molar-refractivity contribution in [1.29, 1.82) is 0 Å². The second-order valence-corrected chi connectivity index (χ2v) is 6.46. The van der Waals surface area contributed by atoms with E-state index in [1.54, 1.807) is 0 Å². The molecule has 0 saturated carbocycles. The minimum Gasteiger partial charge on any atom is -0.269 e. The smallest absolute Gasteiger partial charge is 0.0640 e. The minimum absolute atomic E-state index is 0.579. The molecule has 0 saturated heterocycles. The molecule has 1 heterocycles. The van der Waals surface area contributed by atoms with Gasteiger partial charge in [0.25, 0.3) is 0 Å². The molecule has 0 aliphatic rings. The Morgan fingerprint density at radius 3 is 1.86 bits per heavy atom. The third kappa shape index (κ3) is 6.86. The summed E-state index contributed by atoms with van der Waals surface area (Å²) in [5, 5.41) is 4.59. The maximum atomic E-state index is 5.96. The highest BCUT2D eigenvalue weighted by atomic mass is 35.5. The molecule has 21 heavy (non-hydrogen) atoms. The minimum atomic E-state index is 0.579. The van der Waals surface area contributed by atoms with Gasteiger partial charge in [-0.3, -0.25) is 4.68 Å². The van der Waals surface area contributed by atoms with Gasteiger partial charge in [0.05, 0.1) is 11.6 Å². The van der Waals surface area contributed by atoms with Crippen LogP contribution in [0.25, 0.3) is 0 Å². The van der Waals surface area contributed by atoms with Crippen LogP contribution in [-0.2, 0) is 12.4 Å². The van der Waals surface area contributed by atoms with Crippen molar-refractivity contribution in [2.45, 2.75) is 97.4 Å². The highest BCUT2D eigenvalue weighted by molar-refractivity contribution is 6.17. The molecule has 2 nitrogen and oxygen atoms in total. The lowest BCUT2D eigenvalue weighted by Crippen LogP contribution is -2.03. The molecule has 0 spiro atoms. The fraction of sp³-hybridized carbons (Fsp3) is 0.833. The maximum Gasteiger partial charge on any atom is 0.0640 e. The Balaban J connectivity index is 2.04. The van der Waals surface area contributed by atoms with Crippen LogP contribution >= 0.6 is 11.6 Å². The summed E-state index contributed by atoms with van der Waals surface area (Å²) in [6, 6.07) is 0. The fourth-order valence-corrected chi connectivity index (χ4v) is 3.28. The van der Waals surface area contributed by atoms with E-state index in [4.69, 9.17) is 11.6 Å². The Morgan fingerprint density at radius 1 is 0.857 bits per heavy atom. The lowest BCUT2D eigenvalue weighted by molar-refractivity contribution is 0.508. The molecule has 0 fully saturated rings. The summed E-state index contributed by atoms with van der Waals surface area (Å²) < 4.78 is 2.14. The third-order valence-electron chi connectivity index (χ3n) is 4.39. The van der Waals surface area contributed by atoms with E-state index in [2.05, 4.69) is 30.6 Å². The predicted molar refractivity (Wildman–Crippen MR) is 93.1 cm³/mol. The lowest BCUT2D eigenvalue weighted by atomic mass is 10.1. The molecule has 0 N–H and O–H groups in total. The molecule has 0 radical (unpaired) electrons. The van der Waals surface area contributed by atoms with Gasteiger partial charge < -0.3 is 0 Å². The number of aryl methyl sites for hydroxylation is 2. The van der Waals surface area contributed by atoms with Gasteiger partial charge in [-0.15, -0.1) is 11.6 Å². The van der Waals surface area contributed by atoms with E-state index >= 15 is 0 Å². The largest absolute Gasteiger partial charge is 0.269 e. The molecule has 1 aromatic heterocycles. The van der Waals surface area contributed by atoms with Crippen molar-refractivity contribution in [3.05, 3.63) is 17.0 Å². The summed E-state index contributed by atoms with van der Waals surface area (Å²) in [7, 11) is 0. The van der Waals surface area contributed by atoms with Crippen LogP contribution in [0.3, 0.4) is 0 Å². The zero-order chi connectivity index (χ0) is 15.5. The van der Waals surface area contributed by atoms with E-state index < -0.39 is 0 Å². The van der Waals surface area contributed by atoms with E-state index in [1.807, 2.05) is 0 Å². The number of rotatable bonds is 12. The summed E-state index contributed by atoms with van der Waals surface area (Å²) >= 11 is 5.96. The number of halogens is 1. The van der Waals surface area contributed by atoms with Gasteiger partial charge in [-0.25, -0.2) is 0 Å². The first-order valence-corrected chi connectivity index (χ1v) is 9.33. The van der Waals surface area contributed by atoms with E-state index in [1.165, 1.54) is 75.5 Å².